The van der Waals surface area contributed by atoms with Crippen LogP contribution in [-0.2, 0) is 9.84 Å². The third-order valence-electron chi connectivity index (χ3n) is 2.24. The highest BCUT2D eigenvalue weighted by Crippen LogP contribution is 2.35. The zero-order valence-corrected chi connectivity index (χ0v) is 13.1. The van der Waals surface area contributed by atoms with Crippen LogP contribution in [0.3, 0.4) is 0 Å². The third kappa shape index (κ3) is 3.31. The van der Waals surface area contributed by atoms with Gasteiger partial charge in [-0.05, 0) is 24.6 Å². The Kier molecular flexibility index (Phi) is 4.62. The summed E-state index contributed by atoms with van der Waals surface area (Å²) in [6.45, 7) is 1.48. The van der Waals surface area contributed by atoms with Gasteiger partial charge in [0.2, 0.25) is 5.78 Å². The Balaban J connectivity index is 3.48. The lowest BCUT2D eigenvalue weighted by atomic mass is 10.1. The Bertz CT molecular complexity index is 602. The summed E-state index contributed by atoms with van der Waals surface area (Å²) in [6.07, 6.45) is 1.04. The summed E-state index contributed by atoms with van der Waals surface area (Å²) in [4.78, 5) is 11.8. The minimum atomic E-state index is -3.43. The molecular formula is C10H8Cl4O3S. The van der Waals surface area contributed by atoms with Gasteiger partial charge < -0.3 is 0 Å². The standard InChI is InChI=1S/C10H8Cl4O3S/c1-5-7(18(2,16)17)4-3-6(8(5)11)9(15)10(12,13)14/h3-4H,1-2H3. The second kappa shape index (κ2) is 5.17. The molecule has 0 saturated carbocycles. The van der Waals surface area contributed by atoms with Gasteiger partial charge in [0.05, 0.1) is 9.92 Å². The van der Waals surface area contributed by atoms with Crippen LogP contribution in [0.25, 0.3) is 0 Å². The summed E-state index contributed by atoms with van der Waals surface area (Å²) >= 11 is 22.4. The van der Waals surface area contributed by atoms with E-state index in [4.69, 9.17) is 46.4 Å². The van der Waals surface area contributed by atoms with Gasteiger partial charge in [0.25, 0.3) is 3.79 Å². The minimum absolute atomic E-state index is 0.0263. The number of hydrogen-bond donors (Lipinski definition) is 0. The van der Waals surface area contributed by atoms with Gasteiger partial charge in [-0.3, -0.25) is 4.79 Å². The summed E-state index contributed by atoms with van der Waals surface area (Å²) in [7, 11) is -3.43. The predicted octanol–water partition coefficient (Wildman–Crippen LogP) is 3.60. The van der Waals surface area contributed by atoms with E-state index in [2.05, 4.69) is 0 Å². The molecule has 0 N–H and O–H groups in total. The number of halogens is 4. The molecule has 3 nitrogen and oxygen atoms in total. The van der Waals surface area contributed by atoms with Gasteiger partial charge in [0.15, 0.2) is 9.84 Å². The molecule has 0 aliphatic heterocycles. The van der Waals surface area contributed by atoms with Crippen molar-refractivity contribution in [2.45, 2.75) is 15.6 Å². The Morgan fingerprint density at radius 3 is 2.11 bits per heavy atom. The van der Waals surface area contributed by atoms with Crippen LogP contribution in [0.5, 0.6) is 0 Å². The molecule has 0 aliphatic carbocycles. The first-order valence-electron chi connectivity index (χ1n) is 4.57. The lowest BCUT2D eigenvalue weighted by molar-refractivity contribution is 0.0996. The monoisotopic (exact) mass is 348 g/mol. The van der Waals surface area contributed by atoms with Crippen LogP contribution >= 0.6 is 46.4 Å². The van der Waals surface area contributed by atoms with Gasteiger partial charge in [0, 0.05) is 11.8 Å². The normalized spacial score (nSPS) is 12.6. The summed E-state index contributed by atoms with van der Waals surface area (Å²) in [5.74, 6) is -0.805. The highest BCUT2D eigenvalue weighted by molar-refractivity contribution is 7.90. The first-order chi connectivity index (χ1) is 7.96. The molecule has 0 radical (unpaired) electrons. The number of rotatable bonds is 2. The van der Waals surface area contributed by atoms with Crippen LogP contribution in [-0.4, -0.2) is 24.2 Å². The van der Waals surface area contributed by atoms with Crippen LogP contribution in [0.1, 0.15) is 15.9 Å². The van der Waals surface area contributed by atoms with Crippen LogP contribution in [0.2, 0.25) is 5.02 Å². The number of alkyl halides is 3. The molecule has 1 rings (SSSR count). The summed E-state index contributed by atoms with van der Waals surface area (Å²) in [6, 6.07) is 2.50. The number of Topliss-reactive ketones (excluding diaryl/α,β-unsaturated/α-hetero) is 1. The number of carbonyl (C=O) groups is 1. The molecule has 1 aromatic carbocycles. The molecule has 0 saturated heterocycles. The lowest BCUT2D eigenvalue weighted by Gasteiger charge is -2.13. The minimum Gasteiger partial charge on any atom is -0.289 e. The molecule has 0 heterocycles. The van der Waals surface area contributed by atoms with E-state index in [9.17, 15) is 13.2 Å². The topological polar surface area (TPSA) is 51.2 Å². The van der Waals surface area contributed by atoms with Crippen LogP contribution in [0, 0.1) is 6.92 Å². The molecule has 100 valence electrons. The molecule has 0 fully saturated rings. The molecule has 0 atom stereocenters. The maximum atomic E-state index is 11.8. The Morgan fingerprint density at radius 2 is 1.72 bits per heavy atom. The molecule has 18 heavy (non-hydrogen) atoms. The van der Waals surface area contributed by atoms with E-state index in [0.717, 1.165) is 6.26 Å². The van der Waals surface area contributed by atoms with Crippen molar-refractivity contribution in [3.05, 3.63) is 28.3 Å². The Labute approximate surface area is 125 Å². The van der Waals surface area contributed by atoms with E-state index in [1.807, 2.05) is 0 Å². The summed E-state index contributed by atoms with van der Waals surface area (Å²) in [5.41, 5.74) is 0.223. The van der Waals surface area contributed by atoms with E-state index in [1.165, 1.54) is 19.1 Å². The van der Waals surface area contributed by atoms with Gasteiger partial charge >= 0.3 is 0 Å². The average molecular weight is 350 g/mol. The zero-order chi connectivity index (χ0) is 14.3. The van der Waals surface area contributed by atoms with Crippen LogP contribution in [0.15, 0.2) is 17.0 Å². The molecule has 8 heteroatoms. The van der Waals surface area contributed by atoms with Crippen molar-refractivity contribution in [2.75, 3.05) is 6.26 Å². The molecule has 0 spiro atoms. The van der Waals surface area contributed by atoms with Gasteiger partial charge in [-0.2, -0.15) is 0 Å². The summed E-state index contributed by atoms with van der Waals surface area (Å²) < 4.78 is 20.8. The first-order valence-corrected chi connectivity index (χ1v) is 7.97. The van der Waals surface area contributed by atoms with Crippen LogP contribution in [0.4, 0.5) is 0 Å². The number of ketones is 1. The van der Waals surface area contributed by atoms with Gasteiger partial charge in [-0.25, -0.2) is 8.42 Å². The third-order valence-corrected chi connectivity index (χ3v) is 4.48. The number of sulfone groups is 1. The van der Waals surface area contributed by atoms with Gasteiger partial charge in [0.1, 0.15) is 0 Å². The first kappa shape index (κ1) is 16.1. The fraction of sp³-hybridized carbons (Fsp3) is 0.300. The number of benzene rings is 1. The predicted molar refractivity (Wildman–Crippen MR) is 73.9 cm³/mol. The fourth-order valence-electron chi connectivity index (χ4n) is 1.40. The van der Waals surface area contributed by atoms with Crippen molar-refractivity contribution in [2.24, 2.45) is 0 Å². The average Bonchev–Trinajstić information content (AvgIpc) is 2.17. The maximum Gasteiger partial charge on any atom is 0.253 e. The van der Waals surface area contributed by atoms with E-state index in [-0.39, 0.29) is 21.0 Å². The SMILES string of the molecule is Cc1c(S(C)(=O)=O)ccc(C(=O)C(Cl)(Cl)Cl)c1Cl. The quantitative estimate of drug-likeness (QED) is 0.605. The van der Waals surface area contributed by atoms with Crippen molar-refractivity contribution >= 4 is 62.0 Å². The fourth-order valence-corrected chi connectivity index (χ4v) is 2.98. The molecule has 1 aromatic rings. The highest BCUT2D eigenvalue weighted by Gasteiger charge is 2.34. The summed E-state index contributed by atoms with van der Waals surface area (Å²) in [5, 5.41) is -0.0331. The van der Waals surface area contributed by atoms with Crippen LogP contribution < -0.4 is 0 Å². The van der Waals surface area contributed by atoms with Crippen molar-refractivity contribution in [1.82, 2.24) is 0 Å². The second-order valence-electron chi connectivity index (χ2n) is 3.65. The Morgan fingerprint density at radius 1 is 1.22 bits per heavy atom. The van der Waals surface area contributed by atoms with E-state index in [0.29, 0.717) is 0 Å². The molecule has 0 aromatic heterocycles. The van der Waals surface area contributed by atoms with E-state index < -0.39 is 19.4 Å². The lowest BCUT2D eigenvalue weighted by Crippen LogP contribution is -2.20. The van der Waals surface area contributed by atoms with Crippen molar-refractivity contribution < 1.29 is 13.2 Å². The molecule has 0 unspecified atom stereocenters. The molecule has 0 amide bonds. The molecule has 0 aliphatic rings. The largest absolute Gasteiger partial charge is 0.289 e. The van der Waals surface area contributed by atoms with Gasteiger partial charge in [-0.1, -0.05) is 46.4 Å². The number of carbonyl (C=O) groups excluding carboxylic acids is 1. The zero-order valence-electron chi connectivity index (χ0n) is 9.30. The van der Waals surface area contributed by atoms with E-state index >= 15 is 0 Å². The van der Waals surface area contributed by atoms with Crippen molar-refractivity contribution in [3.63, 3.8) is 0 Å². The molecule has 0 bridgehead atoms. The van der Waals surface area contributed by atoms with Crippen molar-refractivity contribution in [1.29, 1.82) is 0 Å². The maximum absolute atomic E-state index is 11.8. The Hall–Kier alpha value is -0.0000000000000000555. The van der Waals surface area contributed by atoms with Crippen molar-refractivity contribution in [3.8, 4) is 0 Å². The highest BCUT2D eigenvalue weighted by atomic mass is 35.6. The van der Waals surface area contributed by atoms with Gasteiger partial charge in [-0.15, -0.1) is 0 Å². The number of hydrogen-bond acceptors (Lipinski definition) is 3. The smallest absolute Gasteiger partial charge is 0.253 e. The second-order valence-corrected chi connectivity index (χ2v) is 8.29. The van der Waals surface area contributed by atoms with E-state index in [1.54, 1.807) is 0 Å². The molecular weight excluding hydrogens is 342 g/mol.